The molecule has 0 unspecified atom stereocenters. The molecular weight excluding hydrogens is 200 g/mol. The fraction of sp³-hybridized carbons (Fsp3) is 0.333. The summed E-state index contributed by atoms with van der Waals surface area (Å²) in [5.74, 6) is 0. The Balaban J connectivity index is 2.50. The van der Waals surface area contributed by atoms with Crippen molar-refractivity contribution < 1.29 is 0 Å². The molecule has 0 aromatic carbocycles. The van der Waals surface area contributed by atoms with Gasteiger partial charge in [0.2, 0.25) is 0 Å². The fourth-order valence-corrected chi connectivity index (χ4v) is 1.68. The van der Waals surface area contributed by atoms with Crippen molar-refractivity contribution in [3.05, 3.63) is 35.9 Å². The summed E-state index contributed by atoms with van der Waals surface area (Å²) in [6, 6.07) is 4.02. The lowest BCUT2D eigenvalue weighted by Crippen LogP contribution is -2.03. The highest BCUT2D eigenvalue weighted by Gasteiger charge is 2.07. The summed E-state index contributed by atoms with van der Waals surface area (Å²) in [6.07, 6.45) is 5.30. The van der Waals surface area contributed by atoms with Gasteiger partial charge in [0.05, 0.1) is 23.3 Å². The smallest absolute Gasteiger partial charge is 0.0852 e. The zero-order valence-corrected chi connectivity index (χ0v) is 9.64. The number of hydrogen-bond donors (Lipinski definition) is 1. The van der Waals surface area contributed by atoms with Gasteiger partial charge in [-0.15, -0.1) is 0 Å². The number of nitrogens with zero attached hydrogens (tertiary/aromatic N) is 3. The van der Waals surface area contributed by atoms with Crippen molar-refractivity contribution in [1.29, 1.82) is 0 Å². The SMILES string of the molecule is CCc1cc(CC)n(-c2cncc(N)c2)n1. The van der Waals surface area contributed by atoms with Gasteiger partial charge < -0.3 is 5.73 Å². The largest absolute Gasteiger partial charge is 0.397 e. The molecule has 84 valence electrons. The zero-order valence-electron chi connectivity index (χ0n) is 9.64. The Morgan fingerprint density at radius 1 is 1.19 bits per heavy atom. The molecule has 0 saturated carbocycles. The van der Waals surface area contributed by atoms with E-state index < -0.39 is 0 Å². The number of nitrogen functional groups attached to an aromatic ring is 1. The predicted molar refractivity (Wildman–Crippen MR) is 64.5 cm³/mol. The van der Waals surface area contributed by atoms with Gasteiger partial charge in [-0.2, -0.15) is 5.10 Å². The minimum Gasteiger partial charge on any atom is -0.397 e. The van der Waals surface area contributed by atoms with E-state index in [2.05, 4.69) is 30.0 Å². The van der Waals surface area contributed by atoms with Crippen LogP contribution in [-0.2, 0) is 12.8 Å². The summed E-state index contributed by atoms with van der Waals surface area (Å²) in [4.78, 5) is 4.09. The van der Waals surface area contributed by atoms with Crippen LogP contribution >= 0.6 is 0 Å². The Hall–Kier alpha value is -1.84. The summed E-state index contributed by atoms with van der Waals surface area (Å²) in [5.41, 5.74) is 9.59. The van der Waals surface area contributed by atoms with Crippen molar-refractivity contribution in [2.24, 2.45) is 0 Å². The molecule has 0 aliphatic heterocycles. The first-order valence-corrected chi connectivity index (χ1v) is 5.53. The second kappa shape index (κ2) is 4.35. The van der Waals surface area contributed by atoms with Crippen molar-refractivity contribution in [2.75, 3.05) is 5.73 Å². The van der Waals surface area contributed by atoms with Gasteiger partial charge >= 0.3 is 0 Å². The average molecular weight is 216 g/mol. The van der Waals surface area contributed by atoms with Gasteiger partial charge in [0.25, 0.3) is 0 Å². The second-order valence-electron chi connectivity index (χ2n) is 3.72. The van der Waals surface area contributed by atoms with E-state index in [9.17, 15) is 0 Å². The number of rotatable bonds is 3. The normalized spacial score (nSPS) is 10.6. The lowest BCUT2D eigenvalue weighted by atomic mass is 10.2. The molecular formula is C12H16N4. The Morgan fingerprint density at radius 3 is 2.62 bits per heavy atom. The molecule has 0 amide bonds. The first-order chi connectivity index (χ1) is 7.74. The van der Waals surface area contributed by atoms with Gasteiger partial charge in [0.15, 0.2) is 0 Å². The summed E-state index contributed by atoms with van der Waals surface area (Å²) in [6.45, 7) is 4.22. The highest BCUT2D eigenvalue weighted by atomic mass is 15.3. The monoisotopic (exact) mass is 216 g/mol. The number of anilines is 1. The first kappa shape index (κ1) is 10.7. The predicted octanol–water partition coefficient (Wildman–Crippen LogP) is 1.97. The molecule has 0 radical (unpaired) electrons. The third kappa shape index (κ3) is 1.91. The van der Waals surface area contributed by atoms with Crippen molar-refractivity contribution in [1.82, 2.24) is 14.8 Å². The lowest BCUT2D eigenvalue weighted by Gasteiger charge is -2.05. The quantitative estimate of drug-likeness (QED) is 0.853. The van der Waals surface area contributed by atoms with Gasteiger partial charge in [-0.1, -0.05) is 13.8 Å². The Morgan fingerprint density at radius 2 is 2.00 bits per heavy atom. The van der Waals surface area contributed by atoms with Crippen LogP contribution in [0.25, 0.3) is 5.69 Å². The molecule has 0 saturated heterocycles. The summed E-state index contributed by atoms with van der Waals surface area (Å²) in [7, 11) is 0. The number of aryl methyl sites for hydroxylation is 2. The van der Waals surface area contributed by atoms with Crippen LogP contribution in [0.15, 0.2) is 24.5 Å². The third-order valence-electron chi connectivity index (χ3n) is 2.55. The van der Waals surface area contributed by atoms with E-state index in [1.54, 1.807) is 12.4 Å². The molecule has 0 bridgehead atoms. The molecule has 0 spiro atoms. The van der Waals surface area contributed by atoms with E-state index in [1.165, 1.54) is 5.69 Å². The van der Waals surface area contributed by atoms with Crippen LogP contribution in [0, 0.1) is 0 Å². The van der Waals surface area contributed by atoms with Crippen molar-refractivity contribution in [3.8, 4) is 5.69 Å². The first-order valence-electron chi connectivity index (χ1n) is 5.53. The van der Waals surface area contributed by atoms with E-state index in [4.69, 9.17) is 5.73 Å². The van der Waals surface area contributed by atoms with Gasteiger partial charge in [-0.25, -0.2) is 4.68 Å². The number of hydrogen-bond acceptors (Lipinski definition) is 3. The Kier molecular flexibility index (Phi) is 2.90. The molecule has 0 fully saturated rings. The summed E-state index contributed by atoms with van der Waals surface area (Å²) < 4.78 is 1.92. The highest BCUT2D eigenvalue weighted by molar-refractivity contribution is 5.44. The lowest BCUT2D eigenvalue weighted by molar-refractivity contribution is 0.791. The number of nitrogens with two attached hydrogens (primary N) is 1. The molecule has 2 aromatic heterocycles. The average Bonchev–Trinajstić information content (AvgIpc) is 2.72. The van der Waals surface area contributed by atoms with Gasteiger partial charge in [0.1, 0.15) is 0 Å². The molecule has 2 aromatic rings. The molecule has 16 heavy (non-hydrogen) atoms. The zero-order chi connectivity index (χ0) is 11.5. The topological polar surface area (TPSA) is 56.7 Å². The molecule has 4 nitrogen and oxygen atoms in total. The standard InChI is InChI=1S/C12H16N4/c1-3-10-6-11(4-2)16(15-10)12-5-9(13)7-14-8-12/h5-8H,3-4,13H2,1-2H3. The van der Waals surface area contributed by atoms with Crippen LogP contribution in [0.3, 0.4) is 0 Å². The maximum atomic E-state index is 5.72. The van der Waals surface area contributed by atoms with Crippen molar-refractivity contribution in [2.45, 2.75) is 26.7 Å². The van der Waals surface area contributed by atoms with Gasteiger partial charge in [-0.05, 0) is 25.0 Å². The minimum absolute atomic E-state index is 0.660. The van der Waals surface area contributed by atoms with E-state index in [0.29, 0.717) is 5.69 Å². The molecule has 2 N–H and O–H groups in total. The van der Waals surface area contributed by atoms with E-state index in [-0.39, 0.29) is 0 Å². The van der Waals surface area contributed by atoms with Gasteiger partial charge in [0, 0.05) is 11.9 Å². The Labute approximate surface area is 95.1 Å². The maximum Gasteiger partial charge on any atom is 0.0852 e. The summed E-state index contributed by atoms with van der Waals surface area (Å²) in [5, 5.41) is 4.53. The van der Waals surface area contributed by atoms with Crippen molar-refractivity contribution >= 4 is 5.69 Å². The highest BCUT2D eigenvalue weighted by Crippen LogP contribution is 2.14. The molecule has 2 heterocycles. The summed E-state index contributed by atoms with van der Waals surface area (Å²) >= 11 is 0. The maximum absolute atomic E-state index is 5.72. The Bertz CT molecular complexity index is 488. The van der Waals surface area contributed by atoms with Crippen LogP contribution in [0.4, 0.5) is 5.69 Å². The van der Waals surface area contributed by atoms with Crippen LogP contribution in [0.5, 0.6) is 0 Å². The van der Waals surface area contributed by atoms with Crippen LogP contribution in [0.2, 0.25) is 0 Å². The van der Waals surface area contributed by atoms with Crippen LogP contribution in [-0.4, -0.2) is 14.8 Å². The number of pyridine rings is 1. The van der Waals surface area contributed by atoms with E-state index >= 15 is 0 Å². The van der Waals surface area contributed by atoms with Gasteiger partial charge in [-0.3, -0.25) is 4.98 Å². The third-order valence-corrected chi connectivity index (χ3v) is 2.55. The van der Waals surface area contributed by atoms with Crippen LogP contribution in [0.1, 0.15) is 25.2 Å². The molecule has 0 aliphatic rings. The van der Waals surface area contributed by atoms with Crippen LogP contribution < -0.4 is 5.73 Å². The fourth-order valence-electron chi connectivity index (χ4n) is 1.68. The molecule has 0 atom stereocenters. The van der Waals surface area contributed by atoms with Crippen molar-refractivity contribution in [3.63, 3.8) is 0 Å². The van der Waals surface area contributed by atoms with E-state index in [1.807, 2.05) is 10.7 Å². The molecule has 4 heteroatoms. The van der Waals surface area contributed by atoms with E-state index in [0.717, 1.165) is 24.2 Å². The molecule has 2 rings (SSSR count). The number of aromatic nitrogens is 3. The second-order valence-corrected chi connectivity index (χ2v) is 3.72. The molecule has 0 aliphatic carbocycles. The minimum atomic E-state index is 0.660.